The zero-order chi connectivity index (χ0) is 34.3. The van der Waals surface area contributed by atoms with E-state index in [1.54, 1.807) is 42.5 Å². The minimum Gasteiger partial charge on any atom is -0.352 e. The molecule has 9 heteroatoms. The summed E-state index contributed by atoms with van der Waals surface area (Å²) < 4.78 is 43.8. The van der Waals surface area contributed by atoms with Gasteiger partial charge in [0.05, 0.1) is 10.6 Å². The normalized spacial score (nSPS) is 14.2. The zero-order valence-corrected chi connectivity index (χ0v) is 28.7. The van der Waals surface area contributed by atoms with Gasteiger partial charge in [0.2, 0.25) is 11.8 Å². The zero-order valence-electron chi connectivity index (χ0n) is 27.9. The molecule has 0 aromatic heterocycles. The van der Waals surface area contributed by atoms with Gasteiger partial charge in [-0.15, -0.1) is 0 Å². The first-order chi connectivity index (χ1) is 23.0. The van der Waals surface area contributed by atoms with E-state index in [-0.39, 0.29) is 29.8 Å². The predicted molar refractivity (Wildman–Crippen MR) is 188 cm³/mol. The first kappa shape index (κ1) is 34.8. The van der Waals surface area contributed by atoms with Crippen molar-refractivity contribution in [3.63, 3.8) is 0 Å². The third-order valence-corrected chi connectivity index (χ3v) is 10.8. The monoisotopic (exact) mass is 669 g/mol. The van der Waals surface area contributed by atoms with Crippen molar-refractivity contribution in [2.75, 3.05) is 10.8 Å². The van der Waals surface area contributed by atoms with Crippen LogP contribution in [-0.2, 0) is 32.6 Å². The number of nitrogens with one attached hydrogen (secondary N) is 1. The standard InChI is InChI=1S/C39H44FN3O4S/c1-28-15-22-35(23-16-28)48(46,47)43(36-24-29(2)14-17-30(36)3)27-38(44)42(26-32-18-20-33(40)21-19-32)37(25-31-10-6-4-7-11-31)39(45)41-34-12-8-5-9-13-34/h4,6-7,10-11,14-24,34,37H,5,8-9,12-13,25-27H2,1-3H3,(H,41,45). The average molecular weight is 670 g/mol. The van der Waals surface area contributed by atoms with Crippen molar-refractivity contribution in [1.82, 2.24) is 10.2 Å². The molecule has 1 aliphatic rings. The first-order valence-electron chi connectivity index (χ1n) is 16.6. The highest BCUT2D eigenvalue weighted by Crippen LogP contribution is 2.29. The minimum atomic E-state index is -4.21. The van der Waals surface area contributed by atoms with Gasteiger partial charge in [-0.2, -0.15) is 0 Å². The molecule has 1 fully saturated rings. The van der Waals surface area contributed by atoms with Gasteiger partial charge in [-0.05, 0) is 86.2 Å². The second kappa shape index (κ2) is 15.6. The van der Waals surface area contributed by atoms with Crippen LogP contribution in [0.3, 0.4) is 0 Å². The molecule has 4 aromatic rings. The molecule has 2 amide bonds. The highest BCUT2D eigenvalue weighted by Gasteiger charge is 2.36. The van der Waals surface area contributed by atoms with Gasteiger partial charge in [-0.25, -0.2) is 12.8 Å². The number of hydrogen-bond acceptors (Lipinski definition) is 4. The Hall–Kier alpha value is -4.50. The Morgan fingerprint density at radius 3 is 2.12 bits per heavy atom. The first-order valence-corrected chi connectivity index (χ1v) is 18.0. The van der Waals surface area contributed by atoms with E-state index in [1.165, 1.54) is 17.0 Å². The molecular formula is C39H44FN3O4S. The number of aryl methyl sites for hydroxylation is 3. The van der Waals surface area contributed by atoms with Crippen LogP contribution in [0.5, 0.6) is 0 Å². The lowest BCUT2D eigenvalue weighted by atomic mass is 9.94. The number of rotatable bonds is 12. The summed E-state index contributed by atoms with van der Waals surface area (Å²) >= 11 is 0. The number of amides is 2. The van der Waals surface area contributed by atoms with Gasteiger partial charge in [0.15, 0.2) is 0 Å². The fraction of sp³-hybridized carbons (Fsp3) is 0.333. The van der Waals surface area contributed by atoms with Crippen LogP contribution in [0.2, 0.25) is 0 Å². The second-order valence-electron chi connectivity index (χ2n) is 12.8. The van der Waals surface area contributed by atoms with Crippen molar-refractivity contribution in [3.05, 3.63) is 131 Å². The molecule has 5 rings (SSSR count). The summed E-state index contributed by atoms with van der Waals surface area (Å²) in [6.07, 6.45) is 5.12. The molecule has 1 unspecified atom stereocenters. The van der Waals surface area contributed by atoms with Crippen LogP contribution in [0.4, 0.5) is 10.1 Å². The lowest BCUT2D eigenvalue weighted by Crippen LogP contribution is -2.55. The topological polar surface area (TPSA) is 86.8 Å². The van der Waals surface area contributed by atoms with Crippen LogP contribution in [0.25, 0.3) is 0 Å². The maximum Gasteiger partial charge on any atom is 0.264 e. The Morgan fingerprint density at radius 2 is 1.46 bits per heavy atom. The van der Waals surface area contributed by atoms with Crippen LogP contribution >= 0.6 is 0 Å². The third-order valence-electron chi connectivity index (χ3n) is 9.01. The van der Waals surface area contributed by atoms with Gasteiger partial charge < -0.3 is 10.2 Å². The number of halogens is 1. The van der Waals surface area contributed by atoms with E-state index in [0.717, 1.165) is 53.1 Å². The predicted octanol–water partition coefficient (Wildman–Crippen LogP) is 7.04. The summed E-state index contributed by atoms with van der Waals surface area (Å²) in [5, 5.41) is 3.21. The van der Waals surface area contributed by atoms with Crippen molar-refractivity contribution in [1.29, 1.82) is 0 Å². The van der Waals surface area contributed by atoms with Crippen LogP contribution < -0.4 is 9.62 Å². The van der Waals surface area contributed by atoms with Crippen LogP contribution in [0, 0.1) is 26.6 Å². The van der Waals surface area contributed by atoms with Crippen LogP contribution in [0.1, 0.15) is 59.9 Å². The summed E-state index contributed by atoms with van der Waals surface area (Å²) in [6, 6.07) is 26.3. The van der Waals surface area contributed by atoms with E-state index in [4.69, 9.17) is 0 Å². The van der Waals surface area contributed by atoms with Crippen molar-refractivity contribution < 1.29 is 22.4 Å². The molecule has 0 bridgehead atoms. The molecule has 1 aliphatic carbocycles. The van der Waals surface area contributed by atoms with Crippen molar-refractivity contribution in [3.8, 4) is 0 Å². The van der Waals surface area contributed by atoms with E-state index >= 15 is 0 Å². The Morgan fingerprint density at radius 1 is 0.812 bits per heavy atom. The molecule has 0 spiro atoms. The van der Waals surface area contributed by atoms with E-state index in [1.807, 2.05) is 63.2 Å². The Bertz CT molecular complexity index is 1810. The molecule has 0 heterocycles. The summed E-state index contributed by atoms with van der Waals surface area (Å²) in [4.78, 5) is 30.5. The van der Waals surface area contributed by atoms with Gasteiger partial charge in [-0.3, -0.25) is 13.9 Å². The Labute approximate surface area is 283 Å². The van der Waals surface area contributed by atoms with Crippen molar-refractivity contribution >= 4 is 27.5 Å². The molecule has 1 atom stereocenters. The van der Waals surface area contributed by atoms with Crippen LogP contribution in [0.15, 0.2) is 102 Å². The number of anilines is 1. The fourth-order valence-electron chi connectivity index (χ4n) is 6.22. The number of sulfonamides is 1. The third kappa shape index (κ3) is 8.69. The van der Waals surface area contributed by atoms with Crippen LogP contribution in [-0.4, -0.2) is 43.8 Å². The lowest BCUT2D eigenvalue weighted by molar-refractivity contribution is -0.140. The molecule has 252 valence electrons. The van der Waals surface area contributed by atoms with Gasteiger partial charge in [0.25, 0.3) is 10.0 Å². The largest absolute Gasteiger partial charge is 0.352 e. The number of carbonyl (C=O) groups excluding carboxylic acids is 2. The molecule has 4 aromatic carbocycles. The number of hydrogen-bond donors (Lipinski definition) is 1. The Kier molecular flexibility index (Phi) is 11.3. The smallest absolute Gasteiger partial charge is 0.264 e. The summed E-state index contributed by atoms with van der Waals surface area (Å²) in [5.74, 6) is -1.26. The maximum absolute atomic E-state index is 14.7. The molecule has 7 nitrogen and oxygen atoms in total. The molecule has 1 saturated carbocycles. The molecule has 0 aliphatic heterocycles. The summed E-state index contributed by atoms with van der Waals surface area (Å²) in [7, 11) is -4.21. The lowest BCUT2D eigenvalue weighted by Gasteiger charge is -2.35. The SMILES string of the molecule is Cc1ccc(S(=O)(=O)N(CC(=O)N(Cc2ccc(F)cc2)C(Cc2ccccc2)C(=O)NC2CCCCC2)c2cc(C)ccc2C)cc1. The van der Waals surface area contributed by atoms with Gasteiger partial charge >= 0.3 is 0 Å². The molecule has 1 N–H and O–H groups in total. The molecule has 48 heavy (non-hydrogen) atoms. The number of nitrogens with zero attached hydrogens (tertiary/aromatic N) is 2. The highest BCUT2D eigenvalue weighted by atomic mass is 32.2. The molecular weight excluding hydrogens is 626 g/mol. The van der Waals surface area contributed by atoms with E-state index < -0.39 is 34.3 Å². The van der Waals surface area contributed by atoms with E-state index in [2.05, 4.69) is 5.32 Å². The van der Waals surface area contributed by atoms with E-state index in [9.17, 15) is 22.4 Å². The second-order valence-corrected chi connectivity index (χ2v) is 14.7. The van der Waals surface area contributed by atoms with Crippen molar-refractivity contribution in [2.24, 2.45) is 0 Å². The van der Waals surface area contributed by atoms with Crippen molar-refractivity contribution in [2.45, 2.75) is 82.8 Å². The maximum atomic E-state index is 14.7. The Balaban J connectivity index is 1.58. The van der Waals surface area contributed by atoms with Gasteiger partial charge in [0.1, 0.15) is 18.4 Å². The highest BCUT2D eigenvalue weighted by molar-refractivity contribution is 7.92. The number of benzene rings is 4. The van der Waals surface area contributed by atoms with Gasteiger partial charge in [0, 0.05) is 19.0 Å². The van der Waals surface area contributed by atoms with E-state index in [0.29, 0.717) is 16.8 Å². The quantitative estimate of drug-likeness (QED) is 0.176. The fourth-order valence-corrected chi connectivity index (χ4v) is 7.69. The summed E-state index contributed by atoms with van der Waals surface area (Å²) in [6.45, 7) is 5.00. The average Bonchev–Trinajstić information content (AvgIpc) is 3.08. The molecule has 0 saturated heterocycles. The molecule has 0 radical (unpaired) electrons. The van der Waals surface area contributed by atoms with Gasteiger partial charge in [-0.1, -0.05) is 91.6 Å². The number of carbonyl (C=O) groups is 2. The minimum absolute atomic E-state index is 0.000605. The summed E-state index contributed by atoms with van der Waals surface area (Å²) in [5.41, 5.74) is 4.29.